The van der Waals surface area contributed by atoms with Crippen LogP contribution in [0.2, 0.25) is 0 Å². The van der Waals surface area contributed by atoms with Gasteiger partial charge in [0.15, 0.2) is 0 Å². The van der Waals surface area contributed by atoms with Gasteiger partial charge in [-0.05, 0) is 96.0 Å². The van der Waals surface area contributed by atoms with E-state index in [-0.39, 0.29) is 31.3 Å². The number of phosphoric ester groups is 1. The number of hydrogen-bond acceptors (Lipinski definition) is 7. The average Bonchev–Trinajstić information content (AvgIpc) is 3.40. The van der Waals surface area contributed by atoms with E-state index in [0.29, 0.717) is 17.4 Å². The Bertz CT molecular complexity index is 1660. The number of likely N-dealkylation sites (N-methyl/N-ethyl adjacent to an activating group) is 1. The third-order valence-corrected chi connectivity index (χ3v) is 14.7. The van der Waals surface area contributed by atoms with Crippen molar-refractivity contribution < 1.29 is 37.3 Å². The molecule has 0 fully saturated rings. The van der Waals surface area contributed by atoms with Crippen LogP contribution in [0.4, 0.5) is 0 Å². The van der Waals surface area contributed by atoms with Crippen molar-refractivity contribution in [1.29, 1.82) is 0 Å². The number of allylic oxidation sites excluding steroid dienone is 15. The van der Waals surface area contributed by atoms with E-state index in [4.69, 9.17) is 13.8 Å². The van der Waals surface area contributed by atoms with E-state index >= 15 is 0 Å². The highest BCUT2D eigenvalue weighted by Crippen LogP contribution is 2.38. The van der Waals surface area contributed by atoms with Crippen LogP contribution >= 0.6 is 7.82 Å². The van der Waals surface area contributed by atoms with E-state index in [1.807, 2.05) is 45.4 Å². The van der Waals surface area contributed by atoms with E-state index in [1.54, 1.807) is 0 Å². The van der Waals surface area contributed by atoms with E-state index < -0.39 is 26.6 Å². The number of carbonyl (C=O) groups excluding carboxylic acids is 2. The molecule has 0 bridgehead atoms. The molecule has 0 aromatic rings. The Morgan fingerprint density at radius 2 is 0.833 bits per heavy atom. The van der Waals surface area contributed by atoms with Gasteiger partial charge in [0.05, 0.1) is 33.8 Å². The molecule has 78 heavy (non-hydrogen) atoms. The SMILES string of the molecule is CC/C=C\C/C=C\C/C=C\C/C=C\C/C=C\C/C=C\CCC(=O)NC(COP(=O)([O-])OCC[N+](C)(C)C)C(/C=C/CCCCCCCCCCCC)OC(=O)CCCCCCCCCCCCC/C=C/CCCCCCCC. The maximum atomic E-state index is 13.5. The van der Waals surface area contributed by atoms with Crippen molar-refractivity contribution in [2.75, 3.05) is 40.9 Å². The van der Waals surface area contributed by atoms with Gasteiger partial charge in [0.1, 0.15) is 19.3 Å². The van der Waals surface area contributed by atoms with E-state index in [1.165, 1.54) is 154 Å². The number of rotatable bonds is 57. The topological polar surface area (TPSA) is 114 Å². The van der Waals surface area contributed by atoms with Crippen LogP contribution in [0.1, 0.15) is 271 Å². The van der Waals surface area contributed by atoms with Crippen molar-refractivity contribution in [2.24, 2.45) is 0 Å². The molecule has 3 unspecified atom stereocenters. The number of esters is 1. The molecule has 9 nitrogen and oxygen atoms in total. The molecule has 1 amide bonds. The Balaban J connectivity index is 5.31. The van der Waals surface area contributed by atoms with Crippen LogP contribution in [0, 0.1) is 0 Å². The molecular weight excluding hydrogens is 988 g/mol. The molecule has 0 radical (unpaired) electrons. The number of amides is 1. The van der Waals surface area contributed by atoms with Crippen molar-refractivity contribution >= 4 is 19.7 Å². The van der Waals surface area contributed by atoms with Gasteiger partial charge in [-0.15, -0.1) is 0 Å². The summed E-state index contributed by atoms with van der Waals surface area (Å²) in [4.78, 5) is 40.0. The van der Waals surface area contributed by atoms with Crippen LogP contribution in [0.25, 0.3) is 0 Å². The Morgan fingerprint density at radius 1 is 0.462 bits per heavy atom. The first kappa shape index (κ1) is 74.9. The first-order valence-electron chi connectivity index (χ1n) is 32.0. The second kappa shape index (κ2) is 57.2. The number of nitrogens with zero attached hydrogens (tertiary/aromatic N) is 1. The minimum absolute atomic E-state index is 0.0396. The summed E-state index contributed by atoms with van der Waals surface area (Å²) in [7, 11) is 1.13. The van der Waals surface area contributed by atoms with Crippen LogP contribution in [-0.4, -0.2) is 69.4 Å². The number of carbonyl (C=O) groups is 2. The molecule has 0 aromatic heterocycles. The standard InChI is InChI=1S/C68H121N2O7P/c1-7-10-13-16-19-22-25-28-30-32-34-35-37-39-41-43-46-49-52-55-58-61-68(72)77-66(59-56-53-50-47-44-27-24-21-18-15-12-9-3)65(64-76-78(73,74)75-63-62-70(4,5)6)69-67(71)60-57-54-51-48-45-42-40-38-36-33-31-29-26-23-20-17-14-11-8-2/h11,14,20,23,28-31,36,38,42,45,51,54,56,59,65-66H,7-10,12-13,15-19,21-22,24-27,32-35,37,39-41,43-44,46-50,52-53,55,57-58,60-64H2,1-6H3,(H-,69,71,73,74)/b14-11-,23-20-,30-28+,31-29-,38-36-,45-42-,54-51-,59-56+. The number of phosphoric acid groups is 1. The molecule has 0 saturated heterocycles. The monoisotopic (exact) mass is 1110 g/mol. The van der Waals surface area contributed by atoms with Crippen molar-refractivity contribution in [2.45, 2.75) is 283 Å². The molecule has 0 aromatic carbocycles. The molecule has 10 heteroatoms. The molecule has 3 atom stereocenters. The van der Waals surface area contributed by atoms with E-state index in [2.05, 4.69) is 99.0 Å². The maximum Gasteiger partial charge on any atom is 0.306 e. The molecule has 0 aliphatic heterocycles. The fourth-order valence-electron chi connectivity index (χ4n) is 8.83. The Morgan fingerprint density at radius 3 is 1.26 bits per heavy atom. The van der Waals surface area contributed by atoms with Gasteiger partial charge >= 0.3 is 5.97 Å². The predicted molar refractivity (Wildman–Crippen MR) is 334 cm³/mol. The lowest BCUT2D eigenvalue weighted by molar-refractivity contribution is -0.870. The van der Waals surface area contributed by atoms with Crippen LogP contribution in [-0.2, 0) is 27.9 Å². The zero-order valence-electron chi connectivity index (χ0n) is 51.3. The largest absolute Gasteiger partial charge is 0.756 e. The predicted octanol–water partition coefficient (Wildman–Crippen LogP) is 19.3. The third-order valence-electron chi connectivity index (χ3n) is 13.8. The molecule has 0 saturated carbocycles. The highest BCUT2D eigenvalue weighted by Gasteiger charge is 2.27. The van der Waals surface area contributed by atoms with Crippen LogP contribution in [0.3, 0.4) is 0 Å². The lowest BCUT2D eigenvalue weighted by Crippen LogP contribution is -2.47. The minimum Gasteiger partial charge on any atom is -0.756 e. The quantitative estimate of drug-likeness (QED) is 0.0212. The fraction of sp³-hybridized carbons (Fsp3) is 0.735. The van der Waals surface area contributed by atoms with Crippen LogP contribution in [0.5, 0.6) is 0 Å². The summed E-state index contributed by atoms with van der Waals surface area (Å²) in [6, 6.07) is -0.934. The summed E-state index contributed by atoms with van der Waals surface area (Å²) in [6.45, 7) is 6.67. The van der Waals surface area contributed by atoms with Gasteiger partial charge in [-0.3, -0.25) is 14.2 Å². The number of nitrogens with one attached hydrogen (secondary N) is 1. The molecular formula is C68H121N2O7P. The van der Waals surface area contributed by atoms with Crippen LogP contribution in [0.15, 0.2) is 97.2 Å². The summed E-state index contributed by atoms with van der Waals surface area (Å²) in [5.74, 6) is -0.640. The van der Waals surface area contributed by atoms with Crippen molar-refractivity contribution in [3.8, 4) is 0 Å². The zero-order valence-corrected chi connectivity index (χ0v) is 52.2. The summed E-state index contributed by atoms with van der Waals surface area (Å²) >= 11 is 0. The van der Waals surface area contributed by atoms with Gasteiger partial charge in [0.25, 0.3) is 7.82 Å². The summed E-state index contributed by atoms with van der Waals surface area (Å²) in [5, 5.41) is 2.98. The van der Waals surface area contributed by atoms with Crippen molar-refractivity contribution in [3.05, 3.63) is 97.2 Å². The van der Waals surface area contributed by atoms with Gasteiger partial charge < -0.3 is 28.5 Å². The summed E-state index contributed by atoms with van der Waals surface area (Å²) in [6.07, 6.45) is 76.8. The number of quaternary nitrogens is 1. The van der Waals surface area contributed by atoms with Gasteiger partial charge in [0, 0.05) is 12.8 Å². The maximum absolute atomic E-state index is 13.5. The van der Waals surface area contributed by atoms with E-state index in [0.717, 1.165) is 77.0 Å². The Kier molecular flexibility index (Phi) is 54.9. The first-order valence-corrected chi connectivity index (χ1v) is 33.5. The summed E-state index contributed by atoms with van der Waals surface area (Å²) in [5.41, 5.74) is 0. The smallest absolute Gasteiger partial charge is 0.306 e. The normalized spacial score (nSPS) is 14.3. The zero-order chi connectivity index (χ0) is 57.2. The van der Waals surface area contributed by atoms with Gasteiger partial charge in [0.2, 0.25) is 5.91 Å². The highest BCUT2D eigenvalue weighted by atomic mass is 31.2. The first-order chi connectivity index (χ1) is 37.9. The Hall–Kier alpha value is -3.07. The minimum atomic E-state index is -4.72. The fourth-order valence-corrected chi connectivity index (χ4v) is 9.56. The van der Waals surface area contributed by atoms with Gasteiger partial charge in [-0.1, -0.05) is 260 Å². The number of hydrogen-bond donors (Lipinski definition) is 1. The molecule has 0 aliphatic carbocycles. The molecule has 0 heterocycles. The average molecular weight is 1110 g/mol. The summed E-state index contributed by atoms with van der Waals surface area (Å²) < 4.78 is 30.3. The second-order valence-electron chi connectivity index (χ2n) is 22.5. The second-order valence-corrected chi connectivity index (χ2v) is 23.9. The molecule has 1 N–H and O–H groups in total. The van der Waals surface area contributed by atoms with E-state index in [9.17, 15) is 19.0 Å². The molecule has 0 rings (SSSR count). The lowest BCUT2D eigenvalue weighted by atomic mass is 10.0. The molecule has 0 spiro atoms. The lowest BCUT2D eigenvalue weighted by Gasteiger charge is -2.30. The van der Waals surface area contributed by atoms with Gasteiger partial charge in [-0.25, -0.2) is 0 Å². The third kappa shape index (κ3) is 57.6. The Labute approximate surface area is 481 Å². The molecule has 450 valence electrons. The van der Waals surface area contributed by atoms with Crippen molar-refractivity contribution in [3.63, 3.8) is 0 Å². The van der Waals surface area contributed by atoms with Gasteiger partial charge in [-0.2, -0.15) is 0 Å². The number of ether oxygens (including phenoxy) is 1. The highest BCUT2D eigenvalue weighted by molar-refractivity contribution is 7.45. The van der Waals surface area contributed by atoms with Crippen LogP contribution < -0.4 is 10.2 Å². The van der Waals surface area contributed by atoms with Crippen molar-refractivity contribution in [1.82, 2.24) is 5.32 Å². The molecule has 0 aliphatic rings. The number of unbranched alkanes of at least 4 members (excludes halogenated alkanes) is 27.